The fraction of sp³-hybridized carbons (Fsp3) is 0.250. The molecule has 0 spiro atoms. The van der Waals surface area contributed by atoms with Gasteiger partial charge < -0.3 is 4.90 Å². The summed E-state index contributed by atoms with van der Waals surface area (Å²) in [7, 11) is 1.59. The van der Waals surface area contributed by atoms with Crippen molar-refractivity contribution in [2.75, 3.05) is 7.05 Å². The predicted molar refractivity (Wildman–Crippen MR) is 109 cm³/mol. The first-order valence-electron chi connectivity index (χ1n) is 8.45. The molecule has 0 aliphatic carbocycles. The van der Waals surface area contributed by atoms with Gasteiger partial charge in [-0.15, -0.1) is 0 Å². The first-order valence-corrected chi connectivity index (χ1v) is 9.32. The largest absolute Gasteiger partial charge is 0.333 e. The highest BCUT2D eigenvalue weighted by atomic mass is 35.5. The van der Waals surface area contributed by atoms with Gasteiger partial charge in [0.05, 0.1) is 22.6 Å². The zero-order valence-corrected chi connectivity index (χ0v) is 16.7. The van der Waals surface area contributed by atoms with Gasteiger partial charge in [-0.3, -0.25) is 14.2 Å². The summed E-state index contributed by atoms with van der Waals surface area (Å²) in [6.45, 7) is 3.76. The maximum atomic E-state index is 13.2. The number of hydrogen-bond acceptors (Lipinski definition) is 3. The van der Waals surface area contributed by atoms with Crippen LogP contribution in [0.3, 0.4) is 0 Å². The normalized spacial score (nSPS) is 12.4. The fourth-order valence-corrected chi connectivity index (χ4v) is 3.20. The van der Waals surface area contributed by atoms with Crippen LogP contribution in [0.4, 0.5) is 0 Å². The van der Waals surface area contributed by atoms with Gasteiger partial charge in [0.1, 0.15) is 5.82 Å². The molecule has 1 aromatic heterocycles. The predicted octanol–water partition coefficient (Wildman–Crippen LogP) is 4.02. The second kappa shape index (κ2) is 7.71. The molecular formula is C20H19Cl2N3O2. The minimum atomic E-state index is -1.18. The van der Waals surface area contributed by atoms with Crippen LogP contribution in [0.2, 0.25) is 0 Å². The van der Waals surface area contributed by atoms with E-state index in [0.717, 1.165) is 5.56 Å². The van der Waals surface area contributed by atoms with Crippen molar-refractivity contribution in [3.05, 3.63) is 70.3 Å². The number of nitrogens with zero attached hydrogens (tertiary/aromatic N) is 3. The molecule has 1 heterocycles. The van der Waals surface area contributed by atoms with Gasteiger partial charge in [0.15, 0.2) is 4.84 Å². The van der Waals surface area contributed by atoms with Crippen LogP contribution in [0.15, 0.2) is 53.3 Å². The van der Waals surface area contributed by atoms with Crippen LogP contribution in [0.5, 0.6) is 0 Å². The molecule has 0 bridgehead atoms. The van der Waals surface area contributed by atoms with E-state index in [1.54, 1.807) is 32.2 Å². The Kier molecular flexibility index (Phi) is 5.53. The summed E-state index contributed by atoms with van der Waals surface area (Å²) in [5.41, 5.74) is 2.14. The zero-order chi connectivity index (χ0) is 19.7. The summed E-state index contributed by atoms with van der Waals surface area (Å²) < 4.78 is 1.54. The second-order valence-electron chi connectivity index (χ2n) is 6.39. The molecule has 0 saturated carbocycles. The minimum Gasteiger partial charge on any atom is -0.333 e. The van der Waals surface area contributed by atoms with E-state index in [1.807, 2.05) is 37.3 Å². The molecular weight excluding hydrogens is 385 g/mol. The molecule has 0 N–H and O–H groups in total. The molecule has 27 heavy (non-hydrogen) atoms. The highest BCUT2D eigenvalue weighted by Crippen LogP contribution is 2.23. The average Bonchev–Trinajstić information content (AvgIpc) is 2.67. The van der Waals surface area contributed by atoms with Crippen molar-refractivity contribution in [3.8, 4) is 5.69 Å². The molecule has 1 amide bonds. The van der Waals surface area contributed by atoms with Crippen molar-refractivity contribution in [2.45, 2.75) is 24.7 Å². The van der Waals surface area contributed by atoms with Gasteiger partial charge in [-0.05, 0) is 38.1 Å². The molecule has 0 fully saturated rings. The van der Waals surface area contributed by atoms with Crippen molar-refractivity contribution in [1.29, 1.82) is 0 Å². The van der Waals surface area contributed by atoms with Gasteiger partial charge in [0.2, 0.25) is 0 Å². The Labute approximate surface area is 167 Å². The summed E-state index contributed by atoms with van der Waals surface area (Å²) in [4.78, 5) is 30.4. The van der Waals surface area contributed by atoms with Crippen LogP contribution in [0.25, 0.3) is 16.6 Å². The van der Waals surface area contributed by atoms with Gasteiger partial charge in [0, 0.05) is 7.05 Å². The first-order chi connectivity index (χ1) is 12.8. The molecule has 0 saturated heterocycles. The van der Waals surface area contributed by atoms with Crippen molar-refractivity contribution in [2.24, 2.45) is 0 Å². The molecule has 0 aliphatic heterocycles. The van der Waals surface area contributed by atoms with Crippen molar-refractivity contribution < 1.29 is 4.79 Å². The third-order valence-electron chi connectivity index (χ3n) is 4.58. The Balaban J connectivity index is 2.27. The van der Waals surface area contributed by atoms with E-state index in [2.05, 4.69) is 4.98 Å². The van der Waals surface area contributed by atoms with Crippen LogP contribution >= 0.6 is 23.2 Å². The monoisotopic (exact) mass is 403 g/mol. The number of rotatable bonds is 4. The lowest BCUT2D eigenvalue weighted by molar-refractivity contribution is -0.130. The quantitative estimate of drug-likeness (QED) is 0.618. The van der Waals surface area contributed by atoms with E-state index in [1.165, 1.54) is 9.47 Å². The second-order valence-corrected chi connectivity index (χ2v) is 7.49. The van der Waals surface area contributed by atoms with Crippen LogP contribution < -0.4 is 5.56 Å². The number of para-hydroxylation sites is 1. The molecule has 0 aliphatic rings. The van der Waals surface area contributed by atoms with Crippen molar-refractivity contribution in [1.82, 2.24) is 14.5 Å². The summed E-state index contributed by atoms with van der Waals surface area (Å²) in [5, 5.41) is 0.510. The highest BCUT2D eigenvalue weighted by molar-refractivity contribution is 6.53. The Morgan fingerprint density at radius 1 is 1.11 bits per heavy atom. The maximum Gasteiger partial charge on any atom is 0.266 e. The summed E-state index contributed by atoms with van der Waals surface area (Å²) in [5.74, 6) is -0.0175. The van der Waals surface area contributed by atoms with E-state index < -0.39 is 16.8 Å². The standard InChI is InChI=1S/C20H19Cl2N3O2/c1-12-8-10-14(11-9-12)25-18(13(2)24(3)20(27)17(21)22)23-16-7-5-4-6-15(16)19(25)26/h4-11,13,17H,1-3H3. The highest BCUT2D eigenvalue weighted by Gasteiger charge is 2.26. The zero-order valence-electron chi connectivity index (χ0n) is 15.2. The van der Waals surface area contributed by atoms with Gasteiger partial charge in [-0.2, -0.15) is 0 Å². The lowest BCUT2D eigenvalue weighted by Crippen LogP contribution is -2.37. The third kappa shape index (κ3) is 3.70. The number of fused-ring (bicyclic) bond motifs is 1. The van der Waals surface area contributed by atoms with E-state index in [9.17, 15) is 9.59 Å². The minimum absolute atomic E-state index is 0.194. The number of carbonyl (C=O) groups is 1. The van der Waals surface area contributed by atoms with Crippen molar-refractivity contribution in [3.63, 3.8) is 0 Å². The van der Waals surface area contributed by atoms with E-state index >= 15 is 0 Å². The topological polar surface area (TPSA) is 55.2 Å². The van der Waals surface area contributed by atoms with E-state index in [0.29, 0.717) is 22.4 Å². The molecule has 1 atom stereocenters. The third-order valence-corrected chi connectivity index (χ3v) is 4.96. The number of carbonyl (C=O) groups excluding carboxylic acids is 1. The fourth-order valence-electron chi connectivity index (χ4n) is 2.89. The molecule has 140 valence electrons. The number of hydrogen-bond donors (Lipinski definition) is 0. The molecule has 1 unspecified atom stereocenters. The molecule has 0 radical (unpaired) electrons. The van der Waals surface area contributed by atoms with Gasteiger partial charge >= 0.3 is 0 Å². The van der Waals surface area contributed by atoms with Gasteiger partial charge in [-0.25, -0.2) is 4.98 Å². The SMILES string of the molecule is Cc1ccc(-n2c(C(C)N(C)C(=O)C(Cl)Cl)nc3ccccc3c2=O)cc1. The van der Waals surface area contributed by atoms with E-state index in [4.69, 9.17) is 23.2 Å². The van der Waals surface area contributed by atoms with Crippen LogP contribution in [-0.2, 0) is 4.79 Å². The first kappa shape index (κ1) is 19.4. The summed E-state index contributed by atoms with van der Waals surface area (Å²) in [6.07, 6.45) is 0. The lowest BCUT2D eigenvalue weighted by atomic mass is 10.1. The van der Waals surface area contributed by atoms with Crippen LogP contribution in [0, 0.1) is 6.92 Å². The number of aromatic nitrogens is 2. The lowest BCUT2D eigenvalue weighted by Gasteiger charge is -2.27. The number of aryl methyl sites for hydroxylation is 1. The Bertz CT molecular complexity index is 1050. The Morgan fingerprint density at radius 2 is 1.74 bits per heavy atom. The molecule has 2 aromatic carbocycles. The summed E-state index contributed by atoms with van der Waals surface area (Å²) >= 11 is 11.5. The van der Waals surface area contributed by atoms with Crippen molar-refractivity contribution >= 4 is 40.0 Å². The number of benzene rings is 2. The van der Waals surface area contributed by atoms with Crippen LogP contribution in [0.1, 0.15) is 24.4 Å². The summed E-state index contributed by atoms with van der Waals surface area (Å²) in [6, 6.07) is 14.2. The molecule has 5 nitrogen and oxygen atoms in total. The number of halogens is 2. The molecule has 3 rings (SSSR count). The Hall–Kier alpha value is -2.37. The molecule has 7 heteroatoms. The average molecular weight is 404 g/mol. The number of alkyl halides is 2. The van der Waals surface area contributed by atoms with E-state index in [-0.39, 0.29) is 5.56 Å². The van der Waals surface area contributed by atoms with Gasteiger partial charge in [-0.1, -0.05) is 53.0 Å². The van der Waals surface area contributed by atoms with Gasteiger partial charge in [0.25, 0.3) is 11.5 Å². The molecule has 3 aromatic rings. The number of amides is 1. The smallest absolute Gasteiger partial charge is 0.266 e. The Morgan fingerprint density at radius 3 is 2.37 bits per heavy atom. The van der Waals surface area contributed by atoms with Crippen LogP contribution in [-0.4, -0.2) is 32.2 Å². The maximum absolute atomic E-state index is 13.2.